The minimum atomic E-state index is -4.50. The van der Waals surface area contributed by atoms with Crippen molar-refractivity contribution in [2.24, 2.45) is 4.99 Å². The van der Waals surface area contributed by atoms with E-state index < -0.39 is 48.9 Å². The fraction of sp³-hybridized carbons (Fsp3) is 0.290. The number of hydrogen-bond acceptors (Lipinski definition) is 5. The van der Waals surface area contributed by atoms with Crippen LogP contribution in [0.5, 0.6) is 5.75 Å². The molecule has 0 saturated heterocycles. The van der Waals surface area contributed by atoms with Crippen LogP contribution in [0.2, 0.25) is 0 Å². The molecule has 0 aliphatic carbocycles. The van der Waals surface area contributed by atoms with E-state index >= 15 is 0 Å². The lowest BCUT2D eigenvalue weighted by Gasteiger charge is -2.26. The van der Waals surface area contributed by atoms with Gasteiger partial charge < -0.3 is 20.3 Å². The van der Waals surface area contributed by atoms with E-state index in [-0.39, 0.29) is 6.54 Å². The quantitative estimate of drug-likeness (QED) is 0.323. The molecule has 1 aliphatic rings. The van der Waals surface area contributed by atoms with E-state index in [4.69, 9.17) is 4.74 Å². The second kappa shape index (κ2) is 13.8. The molecule has 0 radical (unpaired) electrons. The minimum absolute atomic E-state index is 0.260. The second-order valence-electron chi connectivity index (χ2n) is 9.68. The van der Waals surface area contributed by atoms with Crippen molar-refractivity contribution in [1.82, 2.24) is 10.6 Å². The summed E-state index contributed by atoms with van der Waals surface area (Å²) >= 11 is 0. The van der Waals surface area contributed by atoms with Crippen LogP contribution < -0.4 is 20.3 Å². The fourth-order valence-electron chi connectivity index (χ4n) is 4.40. The first-order valence-corrected chi connectivity index (χ1v) is 13.5. The molecule has 0 fully saturated rings. The van der Waals surface area contributed by atoms with E-state index in [0.29, 0.717) is 35.7 Å². The predicted octanol–water partition coefficient (Wildman–Crippen LogP) is 4.63. The number of benzodiazepines with no additional fused rings is 1. The number of hydrogen-bond donors (Lipinski definition) is 2. The molecule has 220 valence electrons. The lowest BCUT2D eigenvalue weighted by Crippen LogP contribution is -2.53. The van der Waals surface area contributed by atoms with E-state index in [1.807, 2.05) is 72.8 Å². The number of fused-ring (bicyclic) bond motifs is 1. The van der Waals surface area contributed by atoms with Crippen LogP contribution in [0.15, 0.2) is 89.9 Å². The van der Waals surface area contributed by atoms with Crippen molar-refractivity contribution in [3.05, 3.63) is 96.1 Å². The number of anilines is 1. The van der Waals surface area contributed by atoms with Crippen molar-refractivity contribution < 1.29 is 32.3 Å². The number of nitrogens with one attached hydrogen (secondary N) is 2. The number of rotatable bonds is 11. The first kappa shape index (κ1) is 30.3. The smallest absolute Gasteiger partial charge is 0.389 e. The molecule has 3 aromatic carbocycles. The standard InChI is InChI=1S/C31H31F3N4O4/c1-21(35-26(39)17-18-31(32,33)34)29(40)37-28-30(41)38(19-10-20-42-23-13-6-3-7-14-23)25-16-9-8-15-24(25)27(36-28)22-11-4-2-5-12-22/h2-9,11-16,21,28H,10,17-20H2,1H3,(H,35,39)(H,37,40)/t21-,28?/m0/s1. The van der Waals surface area contributed by atoms with Crippen molar-refractivity contribution >= 4 is 29.1 Å². The third-order valence-corrected chi connectivity index (χ3v) is 6.48. The van der Waals surface area contributed by atoms with Crippen LogP contribution in [0, 0.1) is 0 Å². The molecule has 1 aliphatic heterocycles. The average Bonchev–Trinajstić information content (AvgIpc) is 3.09. The van der Waals surface area contributed by atoms with Gasteiger partial charge in [0.2, 0.25) is 18.0 Å². The molecule has 2 N–H and O–H groups in total. The lowest BCUT2D eigenvalue weighted by molar-refractivity contribution is -0.144. The van der Waals surface area contributed by atoms with Crippen LogP contribution >= 0.6 is 0 Å². The number of alkyl halides is 3. The minimum Gasteiger partial charge on any atom is -0.494 e. The third kappa shape index (κ3) is 8.18. The monoisotopic (exact) mass is 580 g/mol. The largest absolute Gasteiger partial charge is 0.494 e. The maximum absolute atomic E-state index is 13.9. The zero-order valence-corrected chi connectivity index (χ0v) is 22.9. The molecule has 0 bridgehead atoms. The van der Waals surface area contributed by atoms with Gasteiger partial charge in [-0.1, -0.05) is 66.7 Å². The normalized spacial score (nSPS) is 15.6. The topological polar surface area (TPSA) is 100 Å². The Balaban J connectivity index is 1.56. The Hall–Kier alpha value is -4.67. The Morgan fingerprint density at radius 3 is 2.31 bits per heavy atom. The molecular weight excluding hydrogens is 549 g/mol. The lowest BCUT2D eigenvalue weighted by atomic mass is 10.0. The van der Waals surface area contributed by atoms with Crippen LogP contribution in [0.25, 0.3) is 0 Å². The van der Waals surface area contributed by atoms with Gasteiger partial charge in [0.1, 0.15) is 11.8 Å². The van der Waals surface area contributed by atoms with Gasteiger partial charge in [-0.3, -0.25) is 14.4 Å². The van der Waals surface area contributed by atoms with Crippen LogP contribution in [0.4, 0.5) is 18.9 Å². The van der Waals surface area contributed by atoms with Gasteiger partial charge in [0, 0.05) is 24.1 Å². The number of ether oxygens (including phenoxy) is 1. The Labute approximate surface area is 241 Å². The maximum atomic E-state index is 13.9. The van der Waals surface area contributed by atoms with Crippen LogP contribution in [0.1, 0.15) is 37.3 Å². The summed E-state index contributed by atoms with van der Waals surface area (Å²) in [7, 11) is 0. The molecule has 1 unspecified atom stereocenters. The molecule has 3 amide bonds. The van der Waals surface area contributed by atoms with E-state index in [0.717, 1.165) is 5.56 Å². The van der Waals surface area contributed by atoms with Gasteiger partial charge in [-0.25, -0.2) is 4.99 Å². The maximum Gasteiger partial charge on any atom is 0.389 e. The van der Waals surface area contributed by atoms with E-state index in [9.17, 15) is 27.6 Å². The highest BCUT2D eigenvalue weighted by atomic mass is 19.4. The van der Waals surface area contributed by atoms with Gasteiger partial charge in [0.25, 0.3) is 5.91 Å². The number of halogens is 3. The second-order valence-corrected chi connectivity index (χ2v) is 9.68. The van der Waals surface area contributed by atoms with Crippen LogP contribution in [0.3, 0.4) is 0 Å². The number of aliphatic imine (C=N–C) groups is 1. The number of nitrogens with zero attached hydrogens (tertiary/aromatic N) is 2. The van der Waals surface area contributed by atoms with E-state index in [2.05, 4.69) is 15.6 Å². The molecule has 42 heavy (non-hydrogen) atoms. The zero-order valence-electron chi connectivity index (χ0n) is 22.9. The van der Waals surface area contributed by atoms with Gasteiger partial charge in [-0.05, 0) is 31.5 Å². The van der Waals surface area contributed by atoms with Gasteiger partial charge in [-0.15, -0.1) is 0 Å². The first-order chi connectivity index (χ1) is 20.1. The first-order valence-electron chi connectivity index (χ1n) is 13.5. The molecule has 1 heterocycles. The van der Waals surface area contributed by atoms with Gasteiger partial charge in [0.05, 0.1) is 24.4 Å². The molecule has 0 saturated carbocycles. The highest BCUT2D eigenvalue weighted by Gasteiger charge is 2.34. The number of amides is 3. The third-order valence-electron chi connectivity index (χ3n) is 6.48. The molecule has 0 spiro atoms. The average molecular weight is 581 g/mol. The van der Waals surface area contributed by atoms with Gasteiger partial charge in [0.15, 0.2) is 0 Å². The SMILES string of the molecule is C[C@H](NC(=O)CCC(F)(F)F)C(=O)NC1N=C(c2ccccc2)c2ccccc2N(CCCOc2ccccc2)C1=O. The molecule has 0 aromatic heterocycles. The summed E-state index contributed by atoms with van der Waals surface area (Å²) in [6.45, 7) is 1.92. The van der Waals surface area contributed by atoms with Crippen LogP contribution in [-0.2, 0) is 14.4 Å². The van der Waals surface area contributed by atoms with Crippen molar-refractivity contribution in [1.29, 1.82) is 0 Å². The Morgan fingerprint density at radius 2 is 1.62 bits per heavy atom. The van der Waals surface area contributed by atoms with Gasteiger partial charge >= 0.3 is 6.18 Å². The number of benzene rings is 3. The number of carbonyl (C=O) groups is 3. The summed E-state index contributed by atoms with van der Waals surface area (Å²) in [5.74, 6) is -1.49. The van der Waals surface area contributed by atoms with Crippen molar-refractivity contribution in [2.45, 2.75) is 44.6 Å². The highest BCUT2D eigenvalue weighted by molar-refractivity contribution is 6.20. The highest BCUT2D eigenvalue weighted by Crippen LogP contribution is 2.28. The summed E-state index contributed by atoms with van der Waals surface area (Å²) in [4.78, 5) is 45.1. The van der Waals surface area contributed by atoms with Crippen LogP contribution in [-0.4, -0.2) is 55.0 Å². The molecule has 4 rings (SSSR count). The van der Waals surface area contributed by atoms with E-state index in [1.165, 1.54) is 6.92 Å². The Kier molecular flexibility index (Phi) is 9.95. The molecular formula is C31H31F3N4O4. The zero-order chi connectivity index (χ0) is 30.1. The molecule has 3 aromatic rings. The number of carbonyl (C=O) groups excluding carboxylic acids is 3. The molecule has 8 nitrogen and oxygen atoms in total. The fourth-order valence-corrected chi connectivity index (χ4v) is 4.40. The molecule has 11 heteroatoms. The summed E-state index contributed by atoms with van der Waals surface area (Å²) in [5, 5.41) is 4.84. The summed E-state index contributed by atoms with van der Waals surface area (Å²) in [5.41, 5.74) is 2.50. The predicted molar refractivity (Wildman–Crippen MR) is 152 cm³/mol. The van der Waals surface area contributed by atoms with Gasteiger partial charge in [-0.2, -0.15) is 13.2 Å². The summed E-state index contributed by atoms with van der Waals surface area (Å²) in [6.07, 6.45) is -7.50. The van der Waals surface area contributed by atoms with Crippen molar-refractivity contribution in [2.75, 3.05) is 18.1 Å². The summed E-state index contributed by atoms with van der Waals surface area (Å²) in [6, 6.07) is 24.5. The van der Waals surface area contributed by atoms with Crippen molar-refractivity contribution in [3.8, 4) is 5.75 Å². The summed E-state index contributed by atoms with van der Waals surface area (Å²) < 4.78 is 43.3. The van der Waals surface area contributed by atoms with E-state index in [1.54, 1.807) is 17.0 Å². The number of para-hydroxylation sites is 2. The van der Waals surface area contributed by atoms with Crippen molar-refractivity contribution in [3.63, 3.8) is 0 Å². The Morgan fingerprint density at radius 1 is 0.976 bits per heavy atom. The Bertz CT molecular complexity index is 1410. The molecule has 2 atom stereocenters.